The van der Waals surface area contributed by atoms with Crippen molar-refractivity contribution in [3.05, 3.63) is 71.8 Å². The van der Waals surface area contributed by atoms with Crippen LogP contribution < -0.4 is 0 Å². The molecule has 0 fully saturated rings. The SMILES string of the molecule is CC(C)c1ccc(N=Cc2c(O)ccc3ccccc23)cc1. The Morgan fingerprint density at radius 3 is 2.36 bits per heavy atom. The Morgan fingerprint density at radius 1 is 0.909 bits per heavy atom. The van der Waals surface area contributed by atoms with E-state index in [4.69, 9.17) is 0 Å². The van der Waals surface area contributed by atoms with Gasteiger partial charge in [-0.15, -0.1) is 0 Å². The van der Waals surface area contributed by atoms with Crippen LogP contribution in [-0.2, 0) is 0 Å². The van der Waals surface area contributed by atoms with Crippen LogP contribution in [0.2, 0.25) is 0 Å². The first-order valence-corrected chi connectivity index (χ1v) is 7.50. The number of rotatable bonds is 3. The number of aliphatic imine (C=N–C) groups is 1. The maximum atomic E-state index is 10.1. The highest BCUT2D eigenvalue weighted by Crippen LogP contribution is 2.26. The second-order valence-corrected chi connectivity index (χ2v) is 5.72. The summed E-state index contributed by atoms with van der Waals surface area (Å²) in [5.41, 5.74) is 2.94. The Bertz CT molecular complexity index is 817. The number of aromatic hydroxyl groups is 1. The number of nitrogens with zero attached hydrogens (tertiary/aromatic N) is 1. The third-order valence-electron chi connectivity index (χ3n) is 3.85. The van der Waals surface area contributed by atoms with Crippen LogP contribution in [0.4, 0.5) is 5.69 Å². The second-order valence-electron chi connectivity index (χ2n) is 5.72. The van der Waals surface area contributed by atoms with Crippen molar-refractivity contribution < 1.29 is 5.11 Å². The molecule has 110 valence electrons. The highest BCUT2D eigenvalue weighted by Gasteiger charge is 2.04. The molecule has 0 atom stereocenters. The van der Waals surface area contributed by atoms with Crippen LogP contribution in [0.5, 0.6) is 5.75 Å². The number of hydrogen-bond donors (Lipinski definition) is 1. The van der Waals surface area contributed by atoms with E-state index in [0.29, 0.717) is 5.92 Å². The summed E-state index contributed by atoms with van der Waals surface area (Å²) >= 11 is 0. The summed E-state index contributed by atoms with van der Waals surface area (Å²) in [6.07, 6.45) is 1.74. The predicted molar refractivity (Wildman–Crippen MR) is 93.4 cm³/mol. The fraction of sp³-hybridized carbons (Fsp3) is 0.150. The van der Waals surface area contributed by atoms with E-state index in [1.807, 2.05) is 42.5 Å². The highest BCUT2D eigenvalue weighted by atomic mass is 16.3. The zero-order valence-corrected chi connectivity index (χ0v) is 12.8. The molecule has 3 aromatic carbocycles. The lowest BCUT2D eigenvalue weighted by Crippen LogP contribution is -1.87. The first kappa shape index (κ1) is 14.3. The molecule has 0 bridgehead atoms. The summed E-state index contributed by atoms with van der Waals surface area (Å²) in [4.78, 5) is 4.50. The summed E-state index contributed by atoms with van der Waals surface area (Å²) in [6, 6.07) is 19.8. The molecule has 3 aromatic rings. The topological polar surface area (TPSA) is 32.6 Å². The smallest absolute Gasteiger partial charge is 0.124 e. The van der Waals surface area contributed by atoms with Crippen LogP contribution in [-0.4, -0.2) is 11.3 Å². The number of hydrogen-bond acceptors (Lipinski definition) is 2. The van der Waals surface area contributed by atoms with Gasteiger partial charge in [-0.05, 0) is 40.5 Å². The van der Waals surface area contributed by atoms with Crippen molar-refractivity contribution in [2.45, 2.75) is 19.8 Å². The van der Waals surface area contributed by atoms with Gasteiger partial charge in [0.15, 0.2) is 0 Å². The average molecular weight is 289 g/mol. The quantitative estimate of drug-likeness (QED) is 0.642. The van der Waals surface area contributed by atoms with Gasteiger partial charge < -0.3 is 5.11 Å². The number of phenols is 1. The van der Waals surface area contributed by atoms with Crippen LogP contribution >= 0.6 is 0 Å². The van der Waals surface area contributed by atoms with Gasteiger partial charge in [-0.3, -0.25) is 4.99 Å². The van der Waals surface area contributed by atoms with Crippen molar-refractivity contribution in [2.24, 2.45) is 4.99 Å². The molecule has 0 saturated carbocycles. The van der Waals surface area contributed by atoms with Gasteiger partial charge in [0, 0.05) is 11.8 Å². The lowest BCUT2D eigenvalue weighted by atomic mass is 10.0. The van der Waals surface area contributed by atoms with Crippen molar-refractivity contribution in [3.63, 3.8) is 0 Å². The molecule has 0 heterocycles. The van der Waals surface area contributed by atoms with Crippen LogP contribution in [0.1, 0.15) is 30.9 Å². The third kappa shape index (κ3) is 2.86. The summed E-state index contributed by atoms with van der Waals surface area (Å²) < 4.78 is 0. The summed E-state index contributed by atoms with van der Waals surface area (Å²) in [6.45, 7) is 4.35. The van der Waals surface area contributed by atoms with E-state index in [0.717, 1.165) is 22.0 Å². The maximum absolute atomic E-state index is 10.1. The minimum absolute atomic E-state index is 0.251. The molecule has 1 N–H and O–H groups in total. The third-order valence-corrected chi connectivity index (χ3v) is 3.85. The molecule has 0 aliphatic rings. The molecular weight excluding hydrogens is 270 g/mol. The summed E-state index contributed by atoms with van der Waals surface area (Å²) in [5, 5.41) is 12.2. The van der Waals surface area contributed by atoms with Gasteiger partial charge in [0.25, 0.3) is 0 Å². The number of benzene rings is 3. The number of phenolic OH excluding ortho intramolecular Hbond substituents is 1. The fourth-order valence-electron chi connectivity index (χ4n) is 2.50. The predicted octanol–water partition coefficient (Wildman–Crippen LogP) is 5.42. The summed E-state index contributed by atoms with van der Waals surface area (Å²) in [5.74, 6) is 0.765. The lowest BCUT2D eigenvalue weighted by Gasteiger charge is -2.06. The minimum atomic E-state index is 0.251. The van der Waals surface area contributed by atoms with Crippen LogP contribution in [0.3, 0.4) is 0 Å². The Morgan fingerprint density at radius 2 is 1.64 bits per heavy atom. The van der Waals surface area contributed by atoms with Gasteiger partial charge in [-0.25, -0.2) is 0 Å². The van der Waals surface area contributed by atoms with Crippen molar-refractivity contribution >= 4 is 22.7 Å². The first-order chi connectivity index (χ1) is 10.6. The van der Waals surface area contributed by atoms with E-state index in [1.165, 1.54) is 5.56 Å². The molecule has 2 heteroatoms. The van der Waals surface area contributed by atoms with Gasteiger partial charge in [0.2, 0.25) is 0 Å². The highest BCUT2D eigenvalue weighted by molar-refractivity contribution is 6.02. The molecule has 22 heavy (non-hydrogen) atoms. The van der Waals surface area contributed by atoms with Gasteiger partial charge >= 0.3 is 0 Å². The van der Waals surface area contributed by atoms with Crippen LogP contribution in [0.25, 0.3) is 10.8 Å². The van der Waals surface area contributed by atoms with Crippen molar-refractivity contribution in [3.8, 4) is 5.75 Å². The van der Waals surface area contributed by atoms with E-state index in [-0.39, 0.29) is 5.75 Å². The molecule has 0 aliphatic heterocycles. The molecule has 3 rings (SSSR count). The molecule has 2 nitrogen and oxygen atoms in total. The minimum Gasteiger partial charge on any atom is -0.507 e. The second kappa shape index (κ2) is 6.02. The zero-order chi connectivity index (χ0) is 15.5. The molecule has 0 unspecified atom stereocenters. The van der Waals surface area contributed by atoms with Gasteiger partial charge in [0.05, 0.1) is 5.69 Å². The van der Waals surface area contributed by atoms with Gasteiger partial charge in [-0.1, -0.05) is 56.3 Å². The summed E-state index contributed by atoms with van der Waals surface area (Å²) in [7, 11) is 0. The Labute approximate surface area is 130 Å². The fourth-order valence-corrected chi connectivity index (χ4v) is 2.50. The Balaban J connectivity index is 1.97. The van der Waals surface area contributed by atoms with Crippen molar-refractivity contribution in [1.29, 1.82) is 0 Å². The monoisotopic (exact) mass is 289 g/mol. The van der Waals surface area contributed by atoms with E-state index in [2.05, 4.69) is 31.0 Å². The Hall–Kier alpha value is -2.61. The molecule has 0 aliphatic carbocycles. The lowest BCUT2D eigenvalue weighted by molar-refractivity contribution is 0.475. The van der Waals surface area contributed by atoms with Crippen molar-refractivity contribution in [2.75, 3.05) is 0 Å². The van der Waals surface area contributed by atoms with E-state index >= 15 is 0 Å². The molecule has 0 spiro atoms. The first-order valence-electron chi connectivity index (χ1n) is 7.50. The average Bonchev–Trinajstić information content (AvgIpc) is 2.54. The largest absolute Gasteiger partial charge is 0.507 e. The van der Waals surface area contributed by atoms with E-state index in [9.17, 15) is 5.11 Å². The van der Waals surface area contributed by atoms with Gasteiger partial charge in [-0.2, -0.15) is 0 Å². The zero-order valence-electron chi connectivity index (χ0n) is 12.8. The number of fused-ring (bicyclic) bond motifs is 1. The normalized spacial score (nSPS) is 11.6. The molecule has 0 amide bonds. The molecule has 0 aromatic heterocycles. The standard InChI is InChI=1S/C20H19NO/c1-14(2)15-7-10-17(11-8-15)21-13-19-18-6-4-3-5-16(18)9-12-20(19)22/h3-14,22H,1-2H3. The maximum Gasteiger partial charge on any atom is 0.124 e. The van der Waals surface area contributed by atoms with Crippen LogP contribution in [0.15, 0.2) is 65.7 Å². The van der Waals surface area contributed by atoms with E-state index in [1.54, 1.807) is 12.3 Å². The van der Waals surface area contributed by atoms with Crippen LogP contribution in [0, 0.1) is 0 Å². The Kier molecular flexibility index (Phi) is 3.92. The van der Waals surface area contributed by atoms with Crippen molar-refractivity contribution in [1.82, 2.24) is 0 Å². The molecular formula is C20H19NO. The van der Waals surface area contributed by atoms with E-state index < -0.39 is 0 Å². The van der Waals surface area contributed by atoms with Gasteiger partial charge in [0.1, 0.15) is 5.75 Å². The molecule has 0 saturated heterocycles. The molecule has 0 radical (unpaired) electrons.